The van der Waals surface area contributed by atoms with Gasteiger partial charge < -0.3 is 30.6 Å². The highest BCUT2D eigenvalue weighted by atomic mass is 32.2. The van der Waals surface area contributed by atoms with Crippen molar-refractivity contribution in [3.05, 3.63) is 30.0 Å². The summed E-state index contributed by atoms with van der Waals surface area (Å²) in [6.07, 6.45) is 0.271. The van der Waals surface area contributed by atoms with Crippen molar-refractivity contribution in [1.29, 1.82) is 0 Å². The molecule has 0 radical (unpaired) electrons. The molecule has 0 saturated carbocycles. The number of furan rings is 1. The predicted molar refractivity (Wildman–Crippen MR) is 141 cm³/mol. The van der Waals surface area contributed by atoms with Crippen LogP contribution in [0, 0.1) is 0 Å². The molecule has 12 heteroatoms. The van der Waals surface area contributed by atoms with Crippen molar-refractivity contribution in [2.75, 3.05) is 13.1 Å². The summed E-state index contributed by atoms with van der Waals surface area (Å²) in [5.41, 5.74) is 5.12. The van der Waals surface area contributed by atoms with Crippen LogP contribution in [-0.4, -0.2) is 67.4 Å². The van der Waals surface area contributed by atoms with Crippen molar-refractivity contribution < 1.29 is 37.1 Å². The van der Waals surface area contributed by atoms with Gasteiger partial charge in [0.1, 0.15) is 27.1 Å². The number of ether oxygens (including phenoxy) is 1. The molecular formula is C26H37N3O8S. The zero-order valence-corrected chi connectivity index (χ0v) is 22.8. The fourth-order valence-electron chi connectivity index (χ4n) is 4.69. The topological polar surface area (TPSA) is 178 Å². The van der Waals surface area contributed by atoms with E-state index in [1.165, 1.54) is 0 Å². The smallest absolute Gasteiger partial charge is 0.408 e. The Kier molecular flexibility index (Phi) is 9.55. The summed E-state index contributed by atoms with van der Waals surface area (Å²) in [5, 5.41) is 13.6. The number of amides is 1. The highest BCUT2D eigenvalue weighted by molar-refractivity contribution is 7.93. The van der Waals surface area contributed by atoms with Crippen LogP contribution in [0.1, 0.15) is 58.6 Å². The van der Waals surface area contributed by atoms with E-state index in [1.54, 1.807) is 45.0 Å². The highest BCUT2D eigenvalue weighted by Crippen LogP contribution is 2.35. The molecule has 3 atom stereocenters. The molecule has 3 unspecified atom stereocenters. The number of rotatable bonds is 12. The molecule has 1 aromatic carbocycles. The van der Waals surface area contributed by atoms with E-state index in [-0.39, 0.29) is 47.4 Å². The number of aryl methyl sites for hydroxylation is 1. The molecule has 1 fully saturated rings. The molecule has 1 saturated heterocycles. The van der Waals surface area contributed by atoms with E-state index in [4.69, 9.17) is 14.9 Å². The number of nitrogens with one attached hydrogen (secondary N) is 2. The van der Waals surface area contributed by atoms with Crippen LogP contribution in [-0.2, 0) is 30.6 Å². The molecule has 1 amide bonds. The maximum absolute atomic E-state index is 14.4. The minimum atomic E-state index is -4.41. The number of alkyl carbamates (subject to hydrolysis) is 1. The lowest BCUT2D eigenvalue weighted by Gasteiger charge is -2.28. The number of sulfone groups is 1. The van der Waals surface area contributed by atoms with Gasteiger partial charge in [-0.2, -0.15) is 0 Å². The number of carbonyl (C=O) groups excluding carboxylic acids is 2. The Morgan fingerprint density at radius 2 is 1.97 bits per heavy atom. The molecule has 210 valence electrons. The number of carboxylic acid groups (broad SMARTS) is 1. The van der Waals surface area contributed by atoms with E-state index in [0.29, 0.717) is 25.8 Å². The Labute approximate surface area is 222 Å². The van der Waals surface area contributed by atoms with E-state index in [9.17, 15) is 27.9 Å². The molecule has 1 aliphatic heterocycles. The fraction of sp³-hybridized carbons (Fsp3) is 0.577. The molecule has 0 aliphatic carbocycles. The van der Waals surface area contributed by atoms with E-state index in [2.05, 4.69) is 10.6 Å². The van der Waals surface area contributed by atoms with Gasteiger partial charge >= 0.3 is 12.1 Å². The first kappa shape index (κ1) is 29.6. The normalized spacial score (nSPS) is 17.7. The highest BCUT2D eigenvalue weighted by Gasteiger charge is 2.46. The summed E-state index contributed by atoms with van der Waals surface area (Å²) >= 11 is 0. The molecule has 38 heavy (non-hydrogen) atoms. The predicted octanol–water partition coefficient (Wildman–Crippen LogP) is 2.55. The van der Waals surface area contributed by atoms with Crippen LogP contribution >= 0.6 is 0 Å². The minimum absolute atomic E-state index is 0.0111. The average Bonchev–Trinajstić information content (AvgIpc) is 3.47. The minimum Gasteiger partial charge on any atom is -0.481 e. The van der Waals surface area contributed by atoms with E-state index in [0.717, 1.165) is 0 Å². The Balaban J connectivity index is 2.09. The van der Waals surface area contributed by atoms with Gasteiger partial charge in [0.15, 0.2) is 15.6 Å². The lowest BCUT2D eigenvalue weighted by Crippen LogP contribution is -2.54. The van der Waals surface area contributed by atoms with Gasteiger partial charge in [-0.1, -0.05) is 12.1 Å². The summed E-state index contributed by atoms with van der Waals surface area (Å²) < 4.78 is 39.8. The van der Waals surface area contributed by atoms with Crippen LogP contribution < -0.4 is 16.4 Å². The monoisotopic (exact) mass is 551 g/mol. The Morgan fingerprint density at radius 3 is 2.58 bits per heavy atom. The summed E-state index contributed by atoms with van der Waals surface area (Å²) in [6, 6.07) is 4.64. The van der Waals surface area contributed by atoms with Crippen molar-refractivity contribution in [3.63, 3.8) is 0 Å². The van der Waals surface area contributed by atoms with Crippen LogP contribution in [0.5, 0.6) is 0 Å². The molecular weight excluding hydrogens is 514 g/mol. The maximum Gasteiger partial charge on any atom is 0.408 e. The summed E-state index contributed by atoms with van der Waals surface area (Å²) in [4.78, 5) is 37.7. The number of Topliss-reactive ketones (excluding diaryl/α,β-unsaturated/α-hetero) is 1. The van der Waals surface area contributed by atoms with Gasteiger partial charge in [0.05, 0.1) is 12.5 Å². The maximum atomic E-state index is 14.4. The van der Waals surface area contributed by atoms with E-state index >= 15 is 0 Å². The standard InChI is InChI=1S/C26H37N3O8S/c1-26(2,3)37-25(33)29-17(9-6-14-27)22(32)24(18-10-7-15-28-18)38(34,35)23-16-8-4-5-11-19(16)36-20(23)12-13-21(30)31/h4-5,8,11,17-18,24,28H,6-7,9-10,12-15,27H2,1-3H3,(H,29,33)(H,30,31). The third-order valence-electron chi connectivity index (χ3n) is 6.28. The largest absolute Gasteiger partial charge is 0.481 e. The second-order valence-electron chi connectivity index (χ2n) is 10.4. The molecule has 11 nitrogen and oxygen atoms in total. The summed E-state index contributed by atoms with van der Waals surface area (Å²) in [5.74, 6) is -1.80. The summed E-state index contributed by atoms with van der Waals surface area (Å²) in [6.45, 7) is 5.82. The number of nitrogens with two attached hydrogens (primary N) is 1. The number of benzene rings is 1. The SMILES string of the molecule is CC(C)(C)OC(=O)NC(CCCN)C(=O)C(C1CCCN1)S(=O)(=O)c1c(CCC(=O)O)oc2ccccc12. The quantitative estimate of drug-likeness (QED) is 0.306. The number of carboxylic acids is 1. The van der Waals surface area contributed by atoms with Crippen molar-refractivity contribution in [3.8, 4) is 0 Å². The van der Waals surface area contributed by atoms with Gasteiger partial charge in [0.2, 0.25) is 0 Å². The van der Waals surface area contributed by atoms with Gasteiger partial charge in [-0.25, -0.2) is 13.2 Å². The number of hydrogen-bond acceptors (Lipinski definition) is 9. The Bertz CT molecular complexity index is 1260. The Hall–Kier alpha value is -2.96. The molecule has 0 spiro atoms. The first-order valence-electron chi connectivity index (χ1n) is 12.8. The number of hydrogen-bond donors (Lipinski definition) is 4. The lowest BCUT2D eigenvalue weighted by atomic mass is 9.99. The fourth-order valence-corrected chi connectivity index (χ4v) is 7.01. The van der Waals surface area contributed by atoms with Crippen LogP contribution in [0.15, 0.2) is 33.6 Å². The van der Waals surface area contributed by atoms with Crippen LogP contribution in [0.2, 0.25) is 0 Å². The zero-order valence-electron chi connectivity index (χ0n) is 22.0. The lowest BCUT2D eigenvalue weighted by molar-refractivity contribution is -0.137. The van der Waals surface area contributed by atoms with Gasteiger partial charge in [0, 0.05) is 17.8 Å². The van der Waals surface area contributed by atoms with Crippen LogP contribution in [0.25, 0.3) is 11.0 Å². The van der Waals surface area contributed by atoms with Crippen molar-refractivity contribution in [1.82, 2.24) is 10.6 Å². The second kappa shape index (κ2) is 12.3. The zero-order chi connectivity index (χ0) is 28.1. The van der Waals surface area contributed by atoms with E-state index in [1.807, 2.05) is 0 Å². The van der Waals surface area contributed by atoms with Gasteiger partial charge in [0.25, 0.3) is 0 Å². The molecule has 3 rings (SSSR count). The Morgan fingerprint density at radius 1 is 1.26 bits per heavy atom. The van der Waals surface area contributed by atoms with Crippen molar-refractivity contribution in [2.45, 2.75) is 87.1 Å². The molecule has 1 aromatic heterocycles. The number of para-hydroxylation sites is 1. The average molecular weight is 552 g/mol. The first-order chi connectivity index (χ1) is 17.8. The van der Waals surface area contributed by atoms with Crippen LogP contribution in [0.4, 0.5) is 4.79 Å². The van der Waals surface area contributed by atoms with Crippen LogP contribution in [0.3, 0.4) is 0 Å². The van der Waals surface area contributed by atoms with Crippen molar-refractivity contribution in [2.24, 2.45) is 5.73 Å². The third kappa shape index (κ3) is 7.12. The molecule has 2 aromatic rings. The number of ketones is 1. The number of carbonyl (C=O) groups is 3. The van der Waals surface area contributed by atoms with Gasteiger partial charge in [-0.05, 0) is 71.7 Å². The molecule has 0 bridgehead atoms. The van der Waals surface area contributed by atoms with E-state index < -0.39 is 50.6 Å². The molecule has 1 aliphatic rings. The number of fused-ring (bicyclic) bond motifs is 1. The second-order valence-corrected chi connectivity index (χ2v) is 12.5. The molecule has 5 N–H and O–H groups in total. The third-order valence-corrected chi connectivity index (χ3v) is 8.52. The number of aliphatic carboxylic acids is 1. The van der Waals surface area contributed by atoms with Crippen molar-refractivity contribution >= 4 is 38.7 Å². The first-order valence-corrected chi connectivity index (χ1v) is 14.3. The summed E-state index contributed by atoms with van der Waals surface area (Å²) in [7, 11) is -4.41. The molecule has 2 heterocycles. The van der Waals surface area contributed by atoms with Gasteiger partial charge in [-0.3, -0.25) is 9.59 Å². The van der Waals surface area contributed by atoms with Gasteiger partial charge in [-0.15, -0.1) is 0 Å².